The number of thioether (sulfide) groups is 1. The van der Waals surface area contributed by atoms with Crippen molar-refractivity contribution in [1.82, 2.24) is 15.6 Å². The molecule has 0 unspecified atom stereocenters. The molecule has 9 nitrogen and oxygen atoms in total. The topological polar surface area (TPSA) is 119 Å². The Hall–Kier alpha value is -3.92. The second-order valence-electron chi connectivity index (χ2n) is 8.84. The van der Waals surface area contributed by atoms with Crippen molar-refractivity contribution in [2.75, 3.05) is 33.3 Å². The number of hydrogen-bond donors (Lipinski definition) is 3. The van der Waals surface area contributed by atoms with Crippen molar-refractivity contribution < 1.29 is 28.9 Å². The van der Waals surface area contributed by atoms with Crippen molar-refractivity contribution >= 4 is 23.6 Å². The predicted molar refractivity (Wildman–Crippen MR) is 152 cm³/mol. The van der Waals surface area contributed by atoms with Gasteiger partial charge in [-0.05, 0) is 60.7 Å². The second-order valence-corrected chi connectivity index (χ2v) is 9.82. The summed E-state index contributed by atoms with van der Waals surface area (Å²) in [6, 6.07) is 15.7. The lowest BCUT2D eigenvalue weighted by Gasteiger charge is -2.28. The van der Waals surface area contributed by atoms with Gasteiger partial charge in [0.25, 0.3) is 5.91 Å². The van der Waals surface area contributed by atoms with Crippen LogP contribution in [0, 0.1) is 0 Å². The van der Waals surface area contributed by atoms with Crippen LogP contribution < -0.4 is 24.8 Å². The maximum atomic E-state index is 13.5. The lowest BCUT2D eigenvalue weighted by molar-refractivity contribution is -0.123. The summed E-state index contributed by atoms with van der Waals surface area (Å²) in [5, 5.41) is 16.2. The number of nitrogens with one attached hydrogen (secondary N) is 2. The van der Waals surface area contributed by atoms with E-state index in [2.05, 4.69) is 15.6 Å². The number of amides is 2. The summed E-state index contributed by atoms with van der Waals surface area (Å²) in [6.45, 7) is 1.93. The van der Waals surface area contributed by atoms with Crippen LogP contribution in [-0.4, -0.2) is 67.3 Å². The fourth-order valence-corrected chi connectivity index (χ4v) is 4.77. The Kier molecular flexibility index (Phi) is 10.9. The van der Waals surface area contributed by atoms with Crippen molar-refractivity contribution in [3.05, 3.63) is 77.6 Å². The average molecular weight is 554 g/mol. The number of aromatic nitrogens is 1. The molecule has 0 bridgehead atoms. The Morgan fingerprint density at radius 3 is 1.95 bits per heavy atom. The summed E-state index contributed by atoms with van der Waals surface area (Å²) >= 11 is 1.57. The molecule has 0 saturated carbocycles. The van der Waals surface area contributed by atoms with E-state index in [-0.39, 0.29) is 35.1 Å². The standard InChI is InChI=1S/C29H35N3O6S/c1-18(25(19-6-10-21(36-2)11-7-19)20-8-12-22(37-3)13-9-20)31-28(34)23(15-17-39-5)32-29(35)26-27(33)24(38-4)14-16-30-26/h6-14,16,18,23,25,33H,15,17H2,1-5H3,(H,31,34)(H,32,35)/t18-,23-/m0/s1. The minimum Gasteiger partial charge on any atom is -0.503 e. The van der Waals surface area contributed by atoms with E-state index in [1.54, 1.807) is 26.0 Å². The fourth-order valence-electron chi connectivity index (χ4n) is 4.30. The first-order valence-corrected chi connectivity index (χ1v) is 13.8. The number of methoxy groups -OCH3 is 3. The van der Waals surface area contributed by atoms with Crippen LogP contribution in [0.5, 0.6) is 23.0 Å². The number of carbonyl (C=O) groups is 2. The highest BCUT2D eigenvalue weighted by atomic mass is 32.2. The van der Waals surface area contributed by atoms with Crippen LogP contribution in [0.1, 0.15) is 40.9 Å². The van der Waals surface area contributed by atoms with E-state index < -0.39 is 11.9 Å². The minimum atomic E-state index is -0.841. The summed E-state index contributed by atoms with van der Waals surface area (Å²) in [5.41, 5.74) is 1.77. The van der Waals surface area contributed by atoms with Gasteiger partial charge in [-0.2, -0.15) is 11.8 Å². The number of ether oxygens (including phenoxy) is 3. The minimum absolute atomic E-state index is 0.121. The van der Waals surface area contributed by atoms with Gasteiger partial charge in [0.05, 0.1) is 21.3 Å². The van der Waals surface area contributed by atoms with E-state index in [1.807, 2.05) is 61.7 Å². The van der Waals surface area contributed by atoms with Gasteiger partial charge >= 0.3 is 0 Å². The summed E-state index contributed by atoms with van der Waals surface area (Å²) in [4.78, 5) is 30.5. The molecule has 2 amide bonds. The normalized spacial score (nSPS) is 12.4. The molecule has 0 spiro atoms. The molecule has 0 saturated heterocycles. The van der Waals surface area contributed by atoms with Gasteiger partial charge in [0.1, 0.15) is 17.5 Å². The summed E-state index contributed by atoms with van der Waals surface area (Å²) in [6.07, 6.45) is 3.69. The molecular weight excluding hydrogens is 518 g/mol. The van der Waals surface area contributed by atoms with E-state index >= 15 is 0 Å². The molecule has 1 heterocycles. The monoisotopic (exact) mass is 553 g/mol. The largest absolute Gasteiger partial charge is 0.503 e. The molecule has 0 aliphatic heterocycles. The molecule has 3 rings (SSSR count). The first kappa shape index (κ1) is 29.6. The van der Waals surface area contributed by atoms with Crippen LogP contribution in [0.15, 0.2) is 60.8 Å². The maximum Gasteiger partial charge on any atom is 0.274 e. The van der Waals surface area contributed by atoms with Crippen molar-refractivity contribution in [3.63, 3.8) is 0 Å². The number of carbonyl (C=O) groups excluding carboxylic acids is 2. The molecule has 2 atom stereocenters. The number of pyridine rings is 1. The van der Waals surface area contributed by atoms with Gasteiger partial charge < -0.3 is 30.0 Å². The van der Waals surface area contributed by atoms with E-state index in [1.165, 1.54) is 19.4 Å². The predicted octanol–water partition coefficient (Wildman–Crippen LogP) is 4.00. The van der Waals surface area contributed by atoms with E-state index in [4.69, 9.17) is 14.2 Å². The third-order valence-electron chi connectivity index (χ3n) is 6.37. The molecular formula is C29H35N3O6S. The van der Waals surface area contributed by atoms with Gasteiger partial charge in [0.15, 0.2) is 17.2 Å². The Morgan fingerprint density at radius 2 is 1.46 bits per heavy atom. The molecule has 0 aliphatic rings. The molecule has 1 aromatic heterocycles. The van der Waals surface area contributed by atoms with Crippen molar-refractivity contribution in [2.24, 2.45) is 0 Å². The molecule has 0 fully saturated rings. The lowest BCUT2D eigenvalue weighted by atomic mass is 9.85. The number of hydrogen-bond acceptors (Lipinski definition) is 8. The molecule has 3 aromatic rings. The van der Waals surface area contributed by atoms with E-state index in [9.17, 15) is 14.7 Å². The van der Waals surface area contributed by atoms with Gasteiger partial charge in [-0.15, -0.1) is 0 Å². The Balaban J connectivity index is 1.85. The highest BCUT2D eigenvalue weighted by Gasteiger charge is 2.29. The summed E-state index contributed by atoms with van der Waals surface area (Å²) in [5.74, 6) is 0.666. The summed E-state index contributed by atoms with van der Waals surface area (Å²) < 4.78 is 15.7. The Labute approximate surface area is 233 Å². The van der Waals surface area contributed by atoms with Crippen LogP contribution >= 0.6 is 11.8 Å². The lowest BCUT2D eigenvalue weighted by Crippen LogP contribution is -2.50. The number of rotatable bonds is 13. The van der Waals surface area contributed by atoms with Crippen LogP contribution in [-0.2, 0) is 4.79 Å². The quantitative estimate of drug-likeness (QED) is 0.291. The van der Waals surface area contributed by atoms with Crippen molar-refractivity contribution in [2.45, 2.75) is 31.3 Å². The molecule has 0 aliphatic carbocycles. The van der Waals surface area contributed by atoms with Gasteiger partial charge in [-0.25, -0.2) is 4.98 Å². The summed E-state index contributed by atoms with van der Waals surface area (Å²) in [7, 11) is 4.61. The van der Waals surface area contributed by atoms with Crippen LogP contribution in [0.3, 0.4) is 0 Å². The zero-order chi connectivity index (χ0) is 28.4. The third kappa shape index (κ3) is 7.57. The van der Waals surface area contributed by atoms with Gasteiger partial charge in [-0.1, -0.05) is 24.3 Å². The highest BCUT2D eigenvalue weighted by molar-refractivity contribution is 7.98. The SMILES string of the molecule is COc1ccc(C(c2ccc(OC)cc2)[C@H](C)NC(=O)[C@H](CCSC)NC(=O)c2nccc(OC)c2O)cc1. The first-order chi connectivity index (χ1) is 18.8. The van der Waals surface area contributed by atoms with E-state index in [0.717, 1.165) is 22.6 Å². The van der Waals surface area contributed by atoms with Crippen molar-refractivity contribution in [1.29, 1.82) is 0 Å². The molecule has 0 radical (unpaired) electrons. The smallest absolute Gasteiger partial charge is 0.274 e. The van der Waals surface area contributed by atoms with E-state index in [0.29, 0.717) is 12.2 Å². The number of aromatic hydroxyl groups is 1. The number of nitrogens with zero attached hydrogens (tertiary/aromatic N) is 1. The molecule has 39 heavy (non-hydrogen) atoms. The molecule has 208 valence electrons. The average Bonchev–Trinajstić information content (AvgIpc) is 2.96. The van der Waals surface area contributed by atoms with Gasteiger partial charge in [-0.3, -0.25) is 9.59 Å². The van der Waals surface area contributed by atoms with Crippen LogP contribution in [0.4, 0.5) is 0 Å². The maximum absolute atomic E-state index is 13.5. The zero-order valence-corrected chi connectivity index (χ0v) is 23.6. The van der Waals surface area contributed by atoms with Crippen LogP contribution in [0.25, 0.3) is 0 Å². The fraction of sp³-hybridized carbons (Fsp3) is 0.345. The highest BCUT2D eigenvalue weighted by Crippen LogP contribution is 2.31. The van der Waals surface area contributed by atoms with Crippen LogP contribution in [0.2, 0.25) is 0 Å². The Bertz CT molecular complexity index is 1190. The third-order valence-corrected chi connectivity index (χ3v) is 7.02. The first-order valence-electron chi connectivity index (χ1n) is 12.4. The Morgan fingerprint density at radius 1 is 0.897 bits per heavy atom. The zero-order valence-electron chi connectivity index (χ0n) is 22.8. The molecule has 2 aromatic carbocycles. The second kappa shape index (κ2) is 14.3. The van der Waals surface area contributed by atoms with Crippen molar-refractivity contribution in [3.8, 4) is 23.0 Å². The molecule has 10 heteroatoms. The molecule has 3 N–H and O–H groups in total. The van der Waals surface area contributed by atoms with Gasteiger partial charge in [0, 0.05) is 24.2 Å². The van der Waals surface area contributed by atoms with Gasteiger partial charge in [0.2, 0.25) is 5.91 Å². The number of benzene rings is 2.